The molecule has 0 aliphatic carbocycles. The minimum atomic E-state index is -0.279. The minimum Gasteiger partial charge on any atom is -0.339 e. The van der Waals surface area contributed by atoms with Crippen molar-refractivity contribution in [3.8, 4) is 0 Å². The van der Waals surface area contributed by atoms with E-state index >= 15 is 0 Å². The number of amides is 2. The summed E-state index contributed by atoms with van der Waals surface area (Å²) >= 11 is 0. The number of aromatic nitrogens is 2. The van der Waals surface area contributed by atoms with Gasteiger partial charge >= 0.3 is 6.03 Å². The highest BCUT2D eigenvalue weighted by atomic mass is 16.2. The molecule has 0 atom stereocenters. The summed E-state index contributed by atoms with van der Waals surface area (Å²) in [7, 11) is 0. The standard InChI is InChI=1S/C20H21N5O/c1-13-4-6-18(12-14(13)2)23-20(26)22-17-9-7-16(8-10-17)21-19-11-5-15(3)24-25-19/h4-12H,1-3H3,(H,21,25)(H2,22,23,26). The van der Waals surface area contributed by atoms with Gasteiger partial charge in [0.2, 0.25) is 0 Å². The molecule has 0 fully saturated rings. The number of hydrogen-bond donors (Lipinski definition) is 3. The smallest absolute Gasteiger partial charge is 0.323 e. The molecule has 0 saturated heterocycles. The molecular weight excluding hydrogens is 326 g/mol. The van der Waals surface area contributed by atoms with E-state index in [4.69, 9.17) is 0 Å². The number of rotatable bonds is 4. The lowest BCUT2D eigenvalue weighted by Crippen LogP contribution is -2.19. The van der Waals surface area contributed by atoms with Gasteiger partial charge in [-0.1, -0.05) is 6.07 Å². The molecule has 2 amide bonds. The molecule has 3 aromatic rings. The molecule has 0 spiro atoms. The summed E-state index contributed by atoms with van der Waals surface area (Å²) in [6.45, 7) is 5.94. The molecule has 0 unspecified atom stereocenters. The Bertz CT molecular complexity index is 904. The van der Waals surface area contributed by atoms with Gasteiger partial charge in [-0.25, -0.2) is 4.79 Å². The number of hydrogen-bond acceptors (Lipinski definition) is 4. The Hall–Kier alpha value is -3.41. The second kappa shape index (κ2) is 7.65. The molecule has 1 aromatic heterocycles. The second-order valence-electron chi connectivity index (χ2n) is 6.14. The fourth-order valence-corrected chi connectivity index (χ4v) is 2.36. The molecular formula is C20H21N5O. The van der Waals surface area contributed by atoms with E-state index in [0.717, 1.165) is 22.6 Å². The van der Waals surface area contributed by atoms with Gasteiger partial charge in [0.25, 0.3) is 0 Å². The van der Waals surface area contributed by atoms with Crippen molar-refractivity contribution in [3.63, 3.8) is 0 Å². The van der Waals surface area contributed by atoms with Crippen molar-refractivity contribution in [1.82, 2.24) is 10.2 Å². The normalized spacial score (nSPS) is 10.3. The van der Waals surface area contributed by atoms with Crippen LogP contribution in [0.15, 0.2) is 54.6 Å². The number of nitrogens with one attached hydrogen (secondary N) is 3. The summed E-state index contributed by atoms with van der Waals surface area (Å²) < 4.78 is 0. The van der Waals surface area contributed by atoms with Gasteiger partial charge in [0.15, 0.2) is 5.82 Å². The predicted molar refractivity (Wildman–Crippen MR) is 105 cm³/mol. The van der Waals surface area contributed by atoms with E-state index in [1.807, 2.05) is 75.4 Å². The molecule has 0 saturated carbocycles. The maximum absolute atomic E-state index is 12.1. The first-order valence-corrected chi connectivity index (χ1v) is 8.32. The molecule has 26 heavy (non-hydrogen) atoms. The van der Waals surface area contributed by atoms with Crippen LogP contribution >= 0.6 is 0 Å². The molecule has 132 valence electrons. The lowest BCUT2D eigenvalue weighted by Gasteiger charge is -2.10. The summed E-state index contributed by atoms with van der Waals surface area (Å²) in [6, 6.07) is 16.7. The van der Waals surface area contributed by atoms with E-state index < -0.39 is 0 Å². The first-order valence-electron chi connectivity index (χ1n) is 8.32. The van der Waals surface area contributed by atoms with Gasteiger partial charge in [-0.2, -0.15) is 5.10 Å². The molecule has 0 bridgehead atoms. The Balaban J connectivity index is 1.58. The SMILES string of the molecule is Cc1ccc(Nc2ccc(NC(=O)Nc3ccc(C)c(C)c3)cc2)nn1. The van der Waals surface area contributed by atoms with Crippen molar-refractivity contribution >= 4 is 28.9 Å². The molecule has 0 radical (unpaired) electrons. The summed E-state index contributed by atoms with van der Waals surface area (Å²) in [4.78, 5) is 12.1. The first kappa shape index (κ1) is 17.4. The first-order chi connectivity index (χ1) is 12.5. The lowest BCUT2D eigenvalue weighted by molar-refractivity contribution is 0.262. The average Bonchev–Trinajstić information content (AvgIpc) is 2.62. The highest BCUT2D eigenvalue weighted by Crippen LogP contribution is 2.18. The second-order valence-corrected chi connectivity index (χ2v) is 6.14. The maximum Gasteiger partial charge on any atom is 0.323 e. The topological polar surface area (TPSA) is 78.9 Å². The van der Waals surface area contributed by atoms with Crippen LogP contribution < -0.4 is 16.0 Å². The zero-order valence-corrected chi connectivity index (χ0v) is 15.0. The van der Waals surface area contributed by atoms with Gasteiger partial charge in [0.1, 0.15) is 0 Å². The third-order valence-corrected chi connectivity index (χ3v) is 3.98. The largest absolute Gasteiger partial charge is 0.339 e. The van der Waals surface area contributed by atoms with Crippen LogP contribution in [0.4, 0.5) is 27.7 Å². The summed E-state index contributed by atoms with van der Waals surface area (Å²) in [5, 5.41) is 16.9. The number of urea groups is 1. The fraction of sp³-hybridized carbons (Fsp3) is 0.150. The van der Waals surface area contributed by atoms with E-state index in [1.165, 1.54) is 5.56 Å². The van der Waals surface area contributed by atoms with Gasteiger partial charge in [-0.05, 0) is 80.4 Å². The Morgan fingerprint density at radius 2 is 1.38 bits per heavy atom. The number of anilines is 4. The molecule has 2 aromatic carbocycles. The average molecular weight is 347 g/mol. The van der Waals surface area contributed by atoms with E-state index in [-0.39, 0.29) is 6.03 Å². The molecule has 6 heteroatoms. The highest BCUT2D eigenvalue weighted by molar-refractivity contribution is 5.99. The number of benzene rings is 2. The molecule has 3 rings (SSSR count). The van der Waals surface area contributed by atoms with E-state index in [0.29, 0.717) is 11.5 Å². The van der Waals surface area contributed by atoms with Crippen LogP contribution in [0.1, 0.15) is 16.8 Å². The van der Waals surface area contributed by atoms with Gasteiger partial charge in [-0.3, -0.25) is 0 Å². The van der Waals surface area contributed by atoms with Crippen LogP contribution in [0.25, 0.3) is 0 Å². The van der Waals surface area contributed by atoms with Crippen molar-refractivity contribution < 1.29 is 4.79 Å². The van der Waals surface area contributed by atoms with Gasteiger partial charge in [0, 0.05) is 17.1 Å². The zero-order valence-electron chi connectivity index (χ0n) is 15.0. The van der Waals surface area contributed by atoms with Crippen LogP contribution in [0, 0.1) is 20.8 Å². The summed E-state index contributed by atoms with van der Waals surface area (Å²) in [5.41, 5.74) is 5.52. The van der Waals surface area contributed by atoms with Gasteiger partial charge in [-0.15, -0.1) is 5.10 Å². The number of carbonyl (C=O) groups is 1. The number of carbonyl (C=O) groups excluding carboxylic acids is 1. The van der Waals surface area contributed by atoms with Crippen molar-refractivity contribution in [2.24, 2.45) is 0 Å². The van der Waals surface area contributed by atoms with Gasteiger partial charge < -0.3 is 16.0 Å². The Morgan fingerprint density at radius 3 is 2.04 bits per heavy atom. The summed E-state index contributed by atoms with van der Waals surface area (Å²) in [6.07, 6.45) is 0. The molecule has 1 heterocycles. The van der Waals surface area contributed by atoms with Gasteiger partial charge in [0.05, 0.1) is 5.69 Å². The zero-order chi connectivity index (χ0) is 18.5. The van der Waals surface area contributed by atoms with Crippen molar-refractivity contribution in [1.29, 1.82) is 0 Å². The number of aryl methyl sites for hydroxylation is 3. The van der Waals surface area contributed by atoms with Crippen LogP contribution in [-0.2, 0) is 0 Å². The van der Waals surface area contributed by atoms with E-state index in [1.54, 1.807) is 0 Å². The molecule has 6 nitrogen and oxygen atoms in total. The monoisotopic (exact) mass is 347 g/mol. The third-order valence-electron chi connectivity index (χ3n) is 3.98. The Morgan fingerprint density at radius 1 is 0.731 bits per heavy atom. The Labute approximate surface area is 152 Å². The predicted octanol–water partition coefficient (Wildman–Crippen LogP) is 4.79. The maximum atomic E-state index is 12.1. The molecule has 0 aliphatic rings. The molecule has 0 aliphatic heterocycles. The quantitative estimate of drug-likeness (QED) is 0.634. The van der Waals surface area contributed by atoms with Crippen molar-refractivity contribution in [3.05, 3.63) is 71.4 Å². The Kier molecular flexibility index (Phi) is 5.12. The van der Waals surface area contributed by atoms with Crippen molar-refractivity contribution in [2.45, 2.75) is 20.8 Å². The van der Waals surface area contributed by atoms with E-state index in [2.05, 4.69) is 26.1 Å². The highest BCUT2D eigenvalue weighted by Gasteiger charge is 2.04. The van der Waals surface area contributed by atoms with Crippen molar-refractivity contribution in [2.75, 3.05) is 16.0 Å². The van der Waals surface area contributed by atoms with Crippen LogP contribution in [0.3, 0.4) is 0 Å². The third kappa shape index (κ3) is 4.57. The minimum absolute atomic E-state index is 0.279. The molecule has 3 N–H and O–H groups in total. The fourth-order valence-electron chi connectivity index (χ4n) is 2.36. The van der Waals surface area contributed by atoms with Crippen LogP contribution in [0.5, 0.6) is 0 Å². The van der Waals surface area contributed by atoms with Crippen LogP contribution in [-0.4, -0.2) is 16.2 Å². The summed E-state index contributed by atoms with van der Waals surface area (Å²) in [5.74, 6) is 0.670. The van der Waals surface area contributed by atoms with E-state index in [9.17, 15) is 4.79 Å². The number of nitrogens with zero attached hydrogens (tertiary/aromatic N) is 2. The van der Waals surface area contributed by atoms with Crippen LogP contribution in [0.2, 0.25) is 0 Å². The lowest BCUT2D eigenvalue weighted by atomic mass is 10.1.